The fraction of sp³-hybridized carbons (Fsp3) is 0.240. The second-order valence-electron chi connectivity index (χ2n) is 6.80. The van der Waals surface area contributed by atoms with E-state index in [1.807, 2.05) is 54.6 Å². The molecule has 6 heteroatoms. The van der Waals surface area contributed by atoms with Gasteiger partial charge in [-0.15, -0.1) is 0 Å². The molecule has 0 unspecified atom stereocenters. The average Bonchev–Trinajstić information content (AvgIpc) is 2.83. The molecule has 0 radical (unpaired) electrons. The summed E-state index contributed by atoms with van der Waals surface area (Å²) in [6.07, 6.45) is 0. The molecule has 0 aromatic heterocycles. The molecule has 0 spiro atoms. The second-order valence-corrected chi connectivity index (χ2v) is 8.87. The molecule has 0 N–H and O–H groups in total. The van der Waals surface area contributed by atoms with Crippen molar-refractivity contribution in [3.05, 3.63) is 89.0 Å². The van der Waals surface area contributed by atoms with Crippen LogP contribution in [0.2, 0.25) is 0 Å². The van der Waals surface area contributed by atoms with Crippen LogP contribution in [0.25, 0.3) is 0 Å². The van der Waals surface area contributed by atoms with Gasteiger partial charge < -0.3 is 0 Å². The Morgan fingerprint density at radius 2 is 1.35 bits per heavy atom. The van der Waals surface area contributed by atoms with Crippen molar-refractivity contribution in [2.24, 2.45) is 0 Å². The summed E-state index contributed by atoms with van der Waals surface area (Å²) in [6.45, 7) is 0.521. The van der Waals surface area contributed by atoms with Gasteiger partial charge in [-0.2, -0.15) is 0 Å². The molecule has 0 aliphatic carbocycles. The molecule has 3 aromatic carbocycles. The van der Waals surface area contributed by atoms with Crippen molar-refractivity contribution in [1.82, 2.24) is 0 Å². The third-order valence-electron chi connectivity index (χ3n) is 4.69. The Kier molecular flexibility index (Phi) is 8.39. The quantitative estimate of drug-likeness (QED) is 0.313. The molecule has 0 aliphatic rings. The number of hydrogen-bond acceptors (Lipinski definition) is 5. The molecule has 0 aliphatic heterocycles. The van der Waals surface area contributed by atoms with E-state index in [1.54, 1.807) is 14.2 Å². The third kappa shape index (κ3) is 6.51. The number of hydrogen-bond donors (Lipinski definition) is 0. The molecule has 162 valence electrons. The first-order valence-electron chi connectivity index (χ1n) is 9.80. The maximum atomic E-state index is 11.9. The van der Waals surface area contributed by atoms with Crippen LogP contribution >= 0.6 is 0 Å². The number of rotatable bonds is 10. The molecule has 0 atom stereocenters. The summed E-state index contributed by atoms with van der Waals surface area (Å²) in [5, 5.41) is 1.93. The summed E-state index contributed by atoms with van der Waals surface area (Å²) in [5.41, 5.74) is 3.95. The van der Waals surface area contributed by atoms with Gasteiger partial charge in [0.1, 0.15) is 0 Å². The van der Waals surface area contributed by atoms with Crippen LogP contribution < -0.4 is 14.2 Å². The Morgan fingerprint density at radius 1 is 0.742 bits per heavy atom. The number of carbonyl (C=O) groups is 1. The number of ether oxygens (including phenoxy) is 4. The summed E-state index contributed by atoms with van der Waals surface area (Å²) in [5.74, 6) is 1.85. The van der Waals surface area contributed by atoms with E-state index in [0.29, 0.717) is 32.9 Å². The van der Waals surface area contributed by atoms with Crippen LogP contribution in [0.4, 0.5) is 0 Å². The predicted octanol–water partition coefficient (Wildman–Crippen LogP) is 4.47. The Balaban J connectivity index is 1.49. The fourth-order valence-corrected chi connectivity index (χ4v) is 4.96. The van der Waals surface area contributed by atoms with E-state index in [0.717, 1.165) is 33.3 Å². The molecule has 31 heavy (non-hydrogen) atoms. The van der Waals surface area contributed by atoms with E-state index in [1.165, 1.54) is 12.7 Å². The number of benzene rings is 3. The summed E-state index contributed by atoms with van der Waals surface area (Å²) < 4.78 is 21.1. The van der Waals surface area contributed by atoms with E-state index in [-0.39, 0.29) is 5.97 Å². The molecule has 3 aromatic rings. The Morgan fingerprint density at radius 3 is 2.00 bits per heavy atom. The van der Waals surface area contributed by atoms with Gasteiger partial charge in [-0.05, 0) is 0 Å². The van der Waals surface area contributed by atoms with Gasteiger partial charge in [0, 0.05) is 0 Å². The first kappa shape index (κ1) is 22.7. The van der Waals surface area contributed by atoms with Crippen LogP contribution in [0.1, 0.15) is 27.0 Å². The molecule has 5 nitrogen and oxygen atoms in total. The van der Waals surface area contributed by atoms with Gasteiger partial charge in [-0.1, -0.05) is 0 Å². The normalized spacial score (nSPS) is 10.4. The Hall–Kier alpha value is -2.95. The molecule has 0 bridgehead atoms. The Bertz CT molecular complexity index is 984. The Labute approximate surface area is 189 Å². The maximum absolute atomic E-state index is 11.9. The molecule has 3 rings (SSSR count). The SMILES string of the molecule is COC(=O)c1cc(C[Se]Cc2ccc(OCc3ccc(OC)cc3)cc2)ccc1OC. The second kappa shape index (κ2) is 11.4. The van der Waals surface area contributed by atoms with Gasteiger partial charge in [0.25, 0.3) is 0 Å². The van der Waals surface area contributed by atoms with Crippen LogP contribution in [-0.4, -0.2) is 42.3 Å². The van der Waals surface area contributed by atoms with E-state index in [2.05, 4.69) is 12.1 Å². The minimum absolute atomic E-state index is 0.368. The van der Waals surface area contributed by atoms with Crippen LogP contribution in [0.5, 0.6) is 17.2 Å². The first-order valence-corrected chi connectivity index (χ1v) is 12.2. The zero-order valence-electron chi connectivity index (χ0n) is 17.9. The zero-order chi connectivity index (χ0) is 22.1. The van der Waals surface area contributed by atoms with Crippen molar-refractivity contribution in [3.8, 4) is 17.2 Å². The van der Waals surface area contributed by atoms with Gasteiger partial charge in [0.2, 0.25) is 0 Å². The number of carbonyl (C=O) groups excluding carboxylic acids is 1. The third-order valence-corrected chi connectivity index (χ3v) is 6.95. The van der Waals surface area contributed by atoms with Gasteiger partial charge in [0.15, 0.2) is 0 Å². The van der Waals surface area contributed by atoms with Crippen molar-refractivity contribution < 1.29 is 23.7 Å². The van der Waals surface area contributed by atoms with Crippen molar-refractivity contribution in [3.63, 3.8) is 0 Å². The van der Waals surface area contributed by atoms with Gasteiger partial charge in [0.05, 0.1) is 7.11 Å². The minimum atomic E-state index is -0.378. The van der Waals surface area contributed by atoms with Crippen LogP contribution in [0.15, 0.2) is 66.7 Å². The molecule has 0 saturated carbocycles. The van der Waals surface area contributed by atoms with E-state index < -0.39 is 0 Å². The molecular weight excluding hydrogens is 459 g/mol. The van der Waals surface area contributed by atoms with Crippen molar-refractivity contribution in [2.45, 2.75) is 17.2 Å². The first-order chi connectivity index (χ1) is 15.1. The monoisotopic (exact) mass is 486 g/mol. The molecule has 0 fully saturated rings. The van der Waals surface area contributed by atoms with E-state index in [4.69, 9.17) is 18.9 Å². The standard InChI is InChI=1S/C25H26O5Se/c1-27-21-9-4-18(5-10-21)15-30-22-11-6-19(7-12-22)16-31-17-20-8-13-24(28-2)23(14-20)25(26)29-3/h4-14H,15-17H2,1-3H3. The molecule has 0 heterocycles. The number of esters is 1. The van der Waals surface area contributed by atoms with Gasteiger partial charge >= 0.3 is 182 Å². The van der Waals surface area contributed by atoms with E-state index in [9.17, 15) is 4.79 Å². The summed E-state index contributed by atoms with van der Waals surface area (Å²) >= 11 is 0.368. The van der Waals surface area contributed by atoms with Crippen LogP contribution in [0.3, 0.4) is 0 Å². The zero-order valence-corrected chi connectivity index (χ0v) is 19.6. The summed E-state index contributed by atoms with van der Waals surface area (Å²) in [6, 6.07) is 21.8. The fourth-order valence-electron chi connectivity index (χ4n) is 2.97. The topological polar surface area (TPSA) is 54.0 Å². The van der Waals surface area contributed by atoms with Crippen molar-refractivity contribution in [2.75, 3.05) is 21.3 Å². The van der Waals surface area contributed by atoms with Crippen LogP contribution in [0, 0.1) is 0 Å². The van der Waals surface area contributed by atoms with Crippen molar-refractivity contribution in [1.29, 1.82) is 0 Å². The van der Waals surface area contributed by atoms with Crippen molar-refractivity contribution >= 4 is 20.9 Å². The average molecular weight is 485 g/mol. The molecule has 0 amide bonds. The molecule has 0 saturated heterocycles. The van der Waals surface area contributed by atoms with E-state index >= 15 is 0 Å². The van der Waals surface area contributed by atoms with Crippen LogP contribution in [-0.2, 0) is 22.0 Å². The summed E-state index contributed by atoms with van der Waals surface area (Å²) in [7, 11) is 4.59. The predicted molar refractivity (Wildman–Crippen MR) is 121 cm³/mol. The van der Waals surface area contributed by atoms with Gasteiger partial charge in [-0.25, -0.2) is 0 Å². The molecular formula is C25H26O5Se. The summed E-state index contributed by atoms with van der Waals surface area (Å²) in [4.78, 5) is 11.9. The number of methoxy groups -OCH3 is 3. The van der Waals surface area contributed by atoms with Gasteiger partial charge in [-0.3, -0.25) is 0 Å².